The first-order valence-corrected chi connectivity index (χ1v) is 7.96. The molecule has 1 N–H and O–H groups in total. The standard InChI is InChI=1S/C18H15N3O5/c1-21-6-8-25-14-5-4-11(9-12(14)18(21)23)19-17(22)13-10-16(26-20-13)15-3-2-7-24-15/h2-5,7,9-10H,6,8H2,1H3,(H,19,22). The second-order valence-corrected chi connectivity index (χ2v) is 5.79. The van der Waals surface area contributed by atoms with E-state index in [1.165, 1.54) is 12.3 Å². The number of nitrogens with zero attached hydrogens (tertiary/aromatic N) is 2. The molecule has 8 heteroatoms. The van der Waals surface area contributed by atoms with Gasteiger partial charge in [-0.3, -0.25) is 9.59 Å². The molecule has 1 aromatic carbocycles. The average molecular weight is 353 g/mol. The maximum atomic E-state index is 12.4. The molecule has 1 aliphatic rings. The van der Waals surface area contributed by atoms with E-state index >= 15 is 0 Å². The molecule has 1 aliphatic heterocycles. The Morgan fingerprint density at radius 2 is 2.12 bits per heavy atom. The quantitative estimate of drug-likeness (QED) is 0.777. The molecule has 2 aromatic heterocycles. The Hall–Kier alpha value is -3.55. The highest BCUT2D eigenvalue weighted by Crippen LogP contribution is 2.27. The summed E-state index contributed by atoms with van der Waals surface area (Å²) in [7, 11) is 1.71. The van der Waals surface area contributed by atoms with Crippen LogP contribution in [-0.2, 0) is 0 Å². The number of aromatic nitrogens is 1. The van der Waals surface area contributed by atoms with Crippen molar-refractivity contribution in [3.8, 4) is 17.3 Å². The summed E-state index contributed by atoms with van der Waals surface area (Å²) in [6, 6.07) is 9.83. The zero-order chi connectivity index (χ0) is 18.1. The van der Waals surface area contributed by atoms with Crippen molar-refractivity contribution in [2.75, 3.05) is 25.5 Å². The van der Waals surface area contributed by atoms with E-state index in [0.717, 1.165) is 0 Å². The normalized spacial score (nSPS) is 13.7. The second kappa shape index (κ2) is 6.40. The fourth-order valence-corrected chi connectivity index (χ4v) is 2.61. The van der Waals surface area contributed by atoms with Gasteiger partial charge in [-0.05, 0) is 30.3 Å². The van der Waals surface area contributed by atoms with E-state index in [4.69, 9.17) is 13.7 Å². The van der Waals surface area contributed by atoms with Crippen LogP contribution in [0.15, 0.2) is 51.6 Å². The number of rotatable bonds is 3. The first-order chi connectivity index (χ1) is 12.6. The number of nitrogens with one attached hydrogen (secondary N) is 1. The van der Waals surface area contributed by atoms with Crippen molar-refractivity contribution in [1.29, 1.82) is 0 Å². The summed E-state index contributed by atoms with van der Waals surface area (Å²) in [5.41, 5.74) is 0.966. The van der Waals surface area contributed by atoms with Crippen LogP contribution in [0, 0.1) is 0 Å². The molecule has 0 spiro atoms. The topological polar surface area (TPSA) is 97.8 Å². The molecule has 0 aliphatic carbocycles. The number of carbonyl (C=O) groups is 2. The maximum Gasteiger partial charge on any atom is 0.277 e. The molecule has 3 heterocycles. The maximum absolute atomic E-state index is 12.4. The van der Waals surface area contributed by atoms with Gasteiger partial charge in [-0.2, -0.15) is 0 Å². The van der Waals surface area contributed by atoms with Crippen LogP contribution in [0.5, 0.6) is 5.75 Å². The number of anilines is 1. The van der Waals surface area contributed by atoms with Crippen molar-refractivity contribution in [3.05, 3.63) is 53.9 Å². The smallest absolute Gasteiger partial charge is 0.277 e. The van der Waals surface area contributed by atoms with E-state index in [1.54, 1.807) is 42.3 Å². The minimum atomic E-state index is -0.457. The Bertz CT molecular complexity index is 961. The number of furan rings is 1. The molecule has 26 heavy (non-hydrogen) atoms. The van der Waals surface area contributed by atoms with Gasteiger partial charge in [0, 0.05) is 18.8 Å². The Labute approximate surface area is 148 Å². The van der Waals surface area contributed by atoms with E-state index in [1.807, 2.05) is 0 Å². The molecule has 8 nitrogen and oxygen atoms in total. The van der Waals surface area contributed by atoms with Crippen molar-refractivity contribution in [3.63, 3.8) is 0 Å². The molecular formula is C18H15N3O5. The Morgan fingerprint density at radius 3 is 2.92 bits per heavy atom. The van der Waals surface area contributed by atoms with E-state index in [0.29, 0.717) is 41.7 Å². The van der Waals surface area contributed by atoms with Gasteiger partial charge in [0.15, 0.2) is 11.5 Å². The molecule has 0 saturated carbocycles. The fourth-order valence-electron chi connectivity index (χ4n) is 2.61. The summed E-state index contributed by atoms with van der Waals surface area (Å²) in [5.74, 6) is 0.718. The number of carbonyl (C=O) groups excluding carboxylic acids is 2. The van der Waals surface area contributed by atoms with Gasteiger partial charge in [-0.1, -0.05) is 5.16 Å². The highest BCUT2D eigenvalue weighted by molar-refractivity contribution is 6.04. The minimum Gasteiger partial charge on any atom is -0.491 e. The fraction of sp³-hybridized carbons (Fsp3) is 0.167. The third-order valence-electron chi connectivity index (χ3n) is 4.01. The van der Waals surface area contributed by atoms with E-state index in [2.05, 4.69) is 10.5 Å². The van der Waals surface area contributed by atoms with Crippen molar-refractivity contribution in [2.45, 2.75) is 0 Å². The Balaban J connectivity index is 1.55. The summed E-state index contributed by atoms with van der Waals surface area (Å²) in [5, 5.41) is 6.46. The van der Waals surface area contributed by atoms with Crippen LogP contribution in [0.3, 0.4) is 0 Å². The molecule has 132 valence electrons. The SMILES string of the molecule is CN1CCOc2ccc(NC(=O)c3cc(-c4ccco4)on3)cc2C1=O. The van der Waals surface area contributed by atoms with Gasteiger partial charge >= 0.3 is 0 Å². The summed E-state index contributed by atoms with van der Waals surface area (Å²) in [6.07, 6.45) is 1.50. The molecule has 0 saturated heterocycles. The minimum absolute atomic E-state index is 0.103. The van der Waals surface area contributed by atoms with Crippen molar-refractivity contribution >= 4 is 17.5 Å². The van der Waals surface area contributed by atoms with Gasteiger partial charge in [-0.25, -0.2) is 0 Å². The number of benzene rings is 1. The number of hydrogen-bond donors (Lipinski definition) is 1. The third-order valence-corrected chi connectivity index (χ3v) is 4.01. The predicted octanol–water partition coefficient (Wildman–Crippen LogP) is 2.65. The van der Waals surface area contributed by atoms with Gasteiger partial charge in [0.25, 0.3) is 11.8 Å². The molecule has 0 unspecified atom stereocenters. The Morgan fingerprint density at radius 1 is 1.23 bits per heavy atom. The monoisotopic (exact) mass is 353 g/mol. The molecule has 3 aromatic rings. The molecule has 4 rings (SSSR count). The molecule has 0 atom stereocenters. The van der Waals surface area contributed by atoms with Crippen molar-refractivity contribution in [2.24, 2.45) is 0 Å². The predicted molar refractivity (Wildman–Crippen MR) is 91.1 cm³/mol. The number of hydrogen-bond acceptors (Lipinski definition) is 6. The highest BCUT2D eigenvalue weighted by atomic mass is 16.5. The van der Waals surface area contributed by atoms with Gasteiger partial charge < -0.3 is 23.9 Å². The van der Waals surface area contributed by atoms with Crippen molar-refractivity contribution in [1.82, 2.24) is 10.1 Å². The lowest BCUT2D eigenvalue weighted by atomic mass is 10.1. The van der Waals surface area contributed by atoms with E-state index in [-0.39, 0.29) is 11.6 Å². The lowest BCUT2D eigenvalue weighted by molar-refractivity contribution is 0.0796. The van der Waals surface area contributed by atoms with Crippen molar-refractivity contribution < 1.29 is 23.3 Å². The van der Waals surface area contributed by atoms with E-state index in [9.17, 15) is 9.59 Å². The zero-order valence-electron chi connectivity index (χ0n) is 13.9. The van der Waals surface area contributed by atoms with Crippen LogP contribution < -0.4 is 10.1 Å². The summed E-state index contributed by atoms with van der Waals surface area (Å²) in [6.45, 7) is 0.930. The summed E-state index contributed by atoms with van der Waals surface area (Å²) in [4.78, 5) is 26.3. The van der Waals surface area contributed by atoms with Gasteiger partial charge in [0.1, 0.15) is 12.4 Å². The van der Waals surface area contributed by atoms with Crippen LogP contribution in [0.4, 0.5) is 5.69 Å². The first-order valence-electron chi connectivity index (χ1n) is 7.96. The van der Waals surface area contributed by atoms with Crippen LogP contribution in [0.1, 0.15) is 20.8 Å². The Kier molecular flexibility index (Phi) is 3.92. The van der Waals surface area contributed by atoms with Crippen LogP contribution >= 0.6 is 0 Å². The number of ether oxygens (including phenoxy) is 1. The highest BCUT2D eigenvalue weighted by Gasteiger charge is 2.22. The summed E-state index contributed by atoms with van der Waals surface area (Å²) < 4.78 is 15.9. The number of amides is 2. The number of fused-ring (bicyclic) bond motifs is 1. The van der Waals surface area contributed by atoms with Gasteiger partial charge in [0.05, 0.1) is 18.4 Å². The first kappa shape index (κ1) is 15.9. The lowest BCUT2D eigenvalue weighted by Crippen LogP contribution is -2.27. The molecule has 0 radical (unpaired) electrons. The van der Waals surface area contributed by atoms with Gasteiger partial charge in [-0.15, -0.1) is 0 Å². The third kappa shape index (κ3) is 2.92. The zero-order valence-corrected chi connectivity index (χ0v) is 13.9. The largest absolute Gasteiger partial charge is 0.491 e. The molecule has 0 fully saturated rings. The lowest BCUT2D eigenvalue weighted by Gasteiger charge is -2.13. The summed E-state index contributed by atoms with van der Waals surface area (Å²) >= 11 is 0. The van der Waals surface area contributed by atoms with Crippen LogP contribution in [0.2, 0.25) is 0 Å². The average Bonchev–Trinajstić information content (AvgIpc) is 3.31. The van der Waals surface area contributed by atoms with Crippen LogP contribution in [-0.4, -0.2) is 42.1 Å². The van der Waals surface area contributed by atoms with E-state index < -0.39 is 5.91 Å². The van der Waals surface area contributed by atoms with Crippen LogP contribution in [0.25, 0.3) is 11.5 Å². The molecule has 0 bridgehead atoms. The van der Waals surface area contributed by atoms with Gasteiger partial charge in [0.2, 0.25) is 5.76 Å². The second-order valence-electron chi connectivity index (χ2n) is 5.79. The molecular weight excluding hydrogens is 338 g/mol. The number of likely N-dealkylation sites (N-methyl/N-ethyl adjacent to an activating group) is 1. The molecule has 2 amide bonds.